The number of rotatable bonds is 7. The van der Waals surface area contributed by atoms with Gasteiger partial charge in [-0.1, -0.05) is 39.5 Å². The number of hydrogen-bond acceptors (Lipinski definition) is 3. The van der Waals surface area contributed by atoms with E-state index in [4.69, 9.17) is 0 Å². The molecule has 20 heavy (non-hydrogen) atoms. The first-order valence-electron chi connectivity index (χ1n) is 8.37. The molecule has 0 spiro atoms. The molecule has 0 bridgehead atoms. The highest BCUT2D eigenvalue weighted by Crippen LogP contribution is 2.34. The van der Waals surface area contributed by atoms with Crippen molar-refractivity contribution < 1.29 is 0 Å². The molecule has 0 radical (unpaired) electrons. The average Bonchev–Trinajstić information content (AvgIpc) is 2.85. The molecule has 1 fully saturated rings. The summed E-state index contributed by atoms with van der Waals surface area (Å²) >= 11 is 1.83. The van der Waals surface area contributed by atoms with Crippen molar-refractivity contribution in [2.45, 2.75) is 71.8 Å². The van der Waals surface area contributed by atoms with Gasteiger partial charge in [0, 0.05) is 23.5 Å². The maximum absolute atomic E-state index is 4.65. The zero-order valence-corrected chi connectivity index (χ0v) is 14.1. The molecule has 0 saturated heterocycles. The molecule has 2 rings (SSSR count). The molecule has 1 N–H and O–H groups in total. The minimum atomic E-state index is 0.633. The predicted octanol–water partition coefficient (Wildman–Crippen LogP) is 4.58. The molecule has 3 heteroatoms. The van der Waals surface area contributed by atoms with Crippen molar-refractivity contribution >= 4 is 11.3 Å². The van der Waals surface area contributed by atoms with E-state index in [0.717, 1.165) is 24.8 Å². The van der Waals surface area contributed by atoms with Crippen molar-refractivity contribution in [3.05, 3.63) is 16.1 Å². The topological polar surface area (TPSA) is 24.9 Å². The number of nitrogens with one attached hydrogen (secondary N) is 1. The van der Waals surface area contributed by atoms with E-state index in [1.165, 1.54) is 49.2 Å². The molecule has 1 unspecified atom stereocenters. The van der Waals surface area contributed by atoms with Crippen LogP contribution in [-0.2, 0) is 6.42 Å². The van der Waals surface area contributed by atoms with Crippen LogP contribution in [-0.4, -0.2) is 17.6 Å². The second-order valence-corrected chi connectivity index (χ2v) is 7.26. The van der Waals surface area contributed by atoms with Crippen LogP contribution in [0.1, 0.15) is 63.1 Å². The Labute approximate surface area is 128 Å². The maximum atomic E-state index is 4.65. The molecule has 1 aromatic rings. The summed E-state index contributed by atoms with van der Waals surface area (Å²) < 4.78 is 0. The second-order valence-electron chi connectivity index (χ2n) is 6.32. The second kappa shape index (κ2) is 8.14. The van der Waals surface area contributed by atoms with Crippen molar-refractivity contribution in [2.75, 3.05) is 6.54 Å². The third-order valence-corrected chi connectivity index (χ3v) is 5.67. The summed E-state index contributed by atoms with van der Waals surface area (Å²) in [6, 6.07) is 0.633. The molecule has 1 aliphatic rings. The molecule has 2 nitrogen and oxygen atoms in total. The van der Waals surface area contributed by atoms with Crippen LogP contribution in [0.15, 0.2) is 5.38 Å². The molecule has 1 aromatic heterocycles. The van der Waals surface area contributed by atoms with E-state index in [0.29, 0.717) is 6.04 Å². The standard InChI is InChI=1S/C17H30N2S/c1-4-6-14-7-9-15(10-8-14)16(18-5-2)11-17-19-13(3)12-20-17/h12,14-16,18H,4-11H2,1-3H3. The monoisotopic (exact) mass is 294 g/mol. The Kier molecular flexibility index (Phi) is 6.50. The smallest absolute Gasteiger partial charge is 0.0943 e. The Hall–Kier alpha value is -0.410. The fraction of sp³-hybridized carbons (Fsp3) is 0.824. The summed E-state index contributed by atoms with van der Waals surface area (Å²) in [6.45, 7) is 7.71. The van der Waals surface area contributed by atoms with Crippen LogP contribution in [0, 0.1) is 18.8 Å². The highest BCUT2D eigenvalue weighted by Gasteiger charge is 2.27. The summed E-state index contributed by atoms with van der Waals surface area (Å²) in [5, 5.41) is 7.21. The van der Waals surface area contributed by atoms with E-state index < -0.39 is 0 Å². The van der Waals surface area contributed by atoms with Gasteiger partial charge in [-0.15, -0.1) is 11.3 Å². The molecular formula is C17H30N2S. The zero-order chi connectivity index (χ0) is 14.4. The molecule has 1 aliphatic carbocycles. The number of hydrogen-bond donors (Lipinski definition) is 1. The first-order chi connectivity index (χ1) is 9.72. The van der Waals surface area contributed by atoms with E-state index in [-0.39, 0.29) is 0 Å². The molecule has 0 aromatic carbocycles. The van der Waals surface area contributed by atoms with Crippen molar-refractivity contribution in [2.24, 2.45) is 11.8 Å². The van der Waals surface area contributed by atoms with Gasteiger partial charge in [0.05, 0.1) is 5.01 Å². The summed E-state index contributed by atoms with van der Waals surface area (Å²) in [5.41, 5.74) is 1.17. The van der Waals surface area contributed by atoms with Gasteiger partial charge in [0.25, 0.3) is 0 Å². The van der Waals surface area contributed by atoms with Crippen molar-refractivity contribution in [1.82, 2.24) is 10.3 Å². The summed E-state index contributed by atoms with van der Waals surface area (Å²) in [6.07, 6.45) is 9.61. The fourth-order valence-corrected chi connectivity index (χ4v) is 4.47. The number of nitrogens with zero attached hydrogens (tertiary/aromatic N) is 1. The van der Waals surface area contributed by atoms with Gasteiger partial charge in [-0.05, 0) is 38.1 Å². The first-order valence-corrected chi connectivity index (χ1v) is 9.25. The number of aryl methyl sites for hydroxylation is 1. The van der Waals surface area contributed by atoms with Crippen LogP contribution >= 0.6 is 11.3 Å². The van der Waals surface area contributed by atoms with E-state index in [9.17, 15) is 0 Å². The van der Waals surface area contributed by atoms with Gasteiger partial charge in [-0.3, -0.25) is 0 Å². The Bertz CT molecular complexity index is 380. The Morgan fingerprint density at radius 3 is 2.60 bits per heavy atom. The van der Waals surface area contributed by atoms with Crippen LogP contribution in [0.25, 0.3) is 0 Å². The molecule has 0 aliphatic heterocycles. The van der Waals surface area contributed by atoms with Gasteiger partial charge in [0.1, 0.15) is 0 Å². The van der Waals surface area contributed by atoms with Gasteiger partial charge in [-0.25, -0.2) is 4.98 Å². The largest absolute Gasteiger partial charge is 0.314 e. The van der Waals surface area contributed by atoms with E-state index in [1.54, 1.807) is 0 Å². The lowest BCUT2D eigenvalue weighted by Crippen LogP contribution is -2.39. The molecule has 1 heterocycles. The Morgan fingerprint density at radius 2 is 2.05 bits per heavy atom. The van der Waals surface area contributed by atoms with Gasteiger partial charge in [0.2, 0.25) is 0 Å². The van der Waals surface area contributed by atoms with Gasteiger partial charge in [0.15, 0.2) is 0 Å². The first kappa shape index (κ1) is 16.0. The van der Waals surface area contributed by atoms with Crippen molar-refractivity contribution in [1.29, 1.82) is 0 Å². The molecule has 1 saturated carbocycles. The van der Waals surface area contributed by atoms with Crippen molar-refractivity contribution in [3.8, 4) is 0 Å². The number of thiazole rings is 1. The highest BCUT2D eigenvalue weighted by molar-refractivity contribution is 7.09. The van der Waals surface area contributed by atoms with Crippen LogP contribution in [0.2, 0.25) is 0 Å². The third-order valence-electron chi connectivity index (χ3n) is 4.68. The normalized spacial score (nSPS) is 24.8. The van der Waals surface area contributed by atoms with E-state index in [2.05, 4.69) is 36.5 Å². The highest BCUT2D eigenvalue weighted by atomic mass is 32.1. The number of aromatic nitrogens is 1. The van der Waals surface area contributed by atoms with Gasteiger partial charge in [-0.2, -0.15) is 0 Å². The van der Waals surface area contributed by atoms with Crippen LogP contribution in [0.3, 0.4) is 0 Å². The Morgan fingerprint density at radius 1 is 1.30 bits per heavy atom. The number of likely N-dealkylation sites (N-methyl/N-ethyl adjacent to an activating group) is 1. The van der Waals surface area contributed by atoms with E-state index in [1.807, 2.05) is 11.3 Å². The predicted molar refractivity (Wildman–Crippen MR) is 88.4 cm³/mol. The maximum Gasteiger partial charge on any atom is 0.0943 e. The zero-order valence-electron chi connectivity index (χ0n) is 13.3. The Balaban J connectivity index is 1.88. The van der Waals surface area contributed by atoms with Crippen LogP contribution in [0.5, 0.6) is 0 Å². The summed E-state index contributed by atoms with van der Waals surface area (Å²) in [5.74, 6) is 1.85. The van der Waals surface area contributed by atoms with Gasteiger partial charge < -0.3 is 5.32 Å². The average molecular weight is 295 g/mol. The molecule has 114 valence electrons. The lowest BCUT2D eigenvalue weighted by molar-refractivity contribution is 0.213. The van der Waals surface area contributed by atoms with Crippen molar-refractivity contribution in [3.63, 3.8) is 0 Å². The SMILES string of the molecule is CCCC1CCC(C(Cc2nc(C)cs2)NCC)CC1. The lowest BCUT2D eigenvalue weighted by atomic mass is 9.76. The minimum absolute atomic E-state index is 0.633. The molecular weight excluding hydrogens is 264 g/mol. The summed E-state index contributed by atoms with van der Waals surface area (Å²) in [4.78, 5) is 4.65. The third kappa shape index (κ3) is 4.56. The van der Waals surface area contributed by atoms with Crippen LogP contribution < -0.4 is 5.32 Å². The molecule has 0 amide bonds. The minimum Gasteiger partial charge on any atom is -0.314 e. The molecule has 1 atom stereocenters. The quantitative estimate of drug-likeness (QED) is 0.796. The van der Waals surface area contributed by atoms with E-state index >= 15 is 0 Å². The fourth-order valence-electron chi connectivity index (χ4n) is 3.64. The summed E-state index contributed by atoms with van der Waals surface area (Å²) in [7, 11) is 0. The lowest BCUT2D eigenvalue weighted by Gasteiger charge is -2.34. The van der Waals surface area contributed by atoms with Gasteiger partial charge >= 0.3 is 0 Å². The van der Waals surface area contributed by atoms with Crippen LogP contribution in [0.4, 0.5) is 0 Å².